The molecule has 0 radical (unpaired) electrons. The van der Waals surface area contributed by atoms with E-state index in [1.807, 2.05) is 12.3 Å². The first-order valence-corrected chi connectivity index (χ1v) is 6.65. The molecule has 0 spiro atoms. The summed E-state index contributed by atoms with van der Waals surface area (Å²) in [5.41, 5.74) is 3.16. The van der Waals surface area contributed by atoms with Gasteiger partial charge in [-0.1, -0.05) is 6.92 Å². The Hall–Kier alpha value is -1.77. The fourth-order valence-corrected chi connectivity index (χ4v) is 2.83. The van der Waals surface area contributed by atoms with E-state index in [-0.39, 0.29) is 0 Å². The van der Waals surface area contributed by atoms with Crippen LogP contribution in [0.4, 0.5) is 5.69 Å². The van der Waals surface area contributed by atoms with E-state index in [1.54, 1.807) is 6.07 Å². The molecule has 1 saturated heterocycles. The second-order valence-corrected chi connectivity index (χ2v) is 4.84. The van der Waals surface area contributed by atoms with E-state index >= 15 is 0 Å². The average Bonchev–Trinajstić information content (AvgIpc) is 2.91. The molecular formula is C15H18N2O. The van der Waals surface area contributed by atoms with E-state index in [9.17, 15) is 5.11 Å². The van der Waals surface area contributed by atoms with Crippen molar-refractivity contribution in [2.75, 3.05) is 18.0 Å². The number of rotatable bonds is 2. The molecule has 0 amide bonds. The van der Waals surface area contributed by atoms with E-state index in [0.717, 1.165) is 36.0 Å². The molecule has 3 heteroatoms. The number of hydrogen-bond acceptors (Lipinski definition) is 3. The summed E-state index contributed by atoms with van der Waals surface area (Å²) < 4.78 is 0. The number of aromatic hydroxyl groups is 1. The van der Waals surface area contributed by atoms with Gasteiger partial charge in [0.15, 0.2) is 0 Å². The lowest BCUT2D eigenvalue weighted by atomic mass is 10.0. The summed E-state index contributed by atoms with van der Waals surface area (Å²) in [6.45, 7) is 4.31. The van der Waals surface area contributed by atoms with Gasteiger partial charge in [0.2, 0.25) is 0 Å². The van der Waals surface area contributed by atoms with Gasteiger partial charge in [0.05, 0.1) is 5.52 Å². The minimum absolute atomic E-state index is 0.357. The van der Waals surface area contributed by atoms with Crippen LogP contribution in [0, 0.1) is 0 Å². The molecule has 3 rings (SSSR count). The minimum Gasteiger partial charge on any atom is -0.508 e. The van der Waals surface area contributed by atoms with E-state index < -0.39 is 0 Å². The molecular weight excluding hydrogens is 224 g/mol. The third-order valence-electron chi connectivity index (χ3n) is 3.77. The number of phenolic OH excluding ortho intramolecular Hbond substituents is 1. The number of anilines is 1. The third-order valence-corrected chi connectivity index (χ3v) is 3.77. The van der Waals surface area contributed by atoms with Crippen molar-refractivity contribution in [3.8, 4) is 5.75 Å². The number of nitrogens with zero attached hydrogens (tertiary/aromatic N) is 2. The van der Waals surface area contributed by atoms with E-state index in [0.29, 0.717) is 5.75 Å². The second kappa shape index (κ2) is 4.48. The number of benzene rings is 1. The number of pyridine rings is 1. The summed E-state index contributed by atoms with van der Waals surface area (Å²) in [4.78, 5) is 6.88. The minimum atomic E-state index is 0.357. The van der Waals surface area contributed by atoms with Gasteiger partial charge in [0.25, 0.3) is 0 Å². The zero-order valence-electron chi connectivity index (χ0n) is 10.7. The van der Waals surface area contributed by atoms with E-state index in [1.165, 1.54) is 18.5 Å². The molecule has 0 bridgehead atoms. The van der Waals surface area contributed by atoms with Gasteiger partial charge in [-0.3, -0.25) is 4.98 Å². The first-order chi connectivity index (χ1) is 8.81. The monoisotopic (exact) mass is 242 g/mol. The maximum Gasteiger partial charge on any atom is 0.120 e. The van der Waals surface area contributed by atoms with Gasteiger partial charge in [0, 0.05) is 35.9 Å². The van der Waals surface area contributed by atoms with Crippen molar-refractivity contribution >= 4 is 16.6 Å². The number of phenols is 1. The summed E-state index contributed by atoms with van der Waals surface area (Å²) in [5.74, 6) is 0.357. The molecule has 1 aliphatic rings. The van der Waals surface area contributed by atoms with Crippen molar-refractivity contribution in [3.05, 3.63) is 30.0 Å². The number of fused-ring (bicyclic) bond motifs is 1. The molecule has 1 aliphatic heterocycles. The average molecular weight is 242 g/mol. The smallest absolute Gasteiger partial charge is 0.120 e. The molecule has 2 heterocycles. The second-order valence-electron chi connectivity index (χ2n) is 4.84. The molecule has 1 N–H and O–H groups in total. The normalized spacial score (nSPS) is 15.5. The molecule has 94 valence electrons. The zero-order valence-corrected chi connectivity index (χ0v) is 10.7. The quantitative estimate of drug-likeness (QED) is 0.879. The van der Waals surface area contributed by atoms with Gasteiger partial charge in [-0.15, -0.1) is 0 Å². The summed E-state index contributed by atoms with van der Waals surface area (Å²) in [5, 5.41) is 11.1. The van der Waals surface area contributed by atoms with Crippen LogP contribution in [0.1, 0.15) is 25.3 Å². The number of aromatic nitrogens is 1. The van der Waals surface area contributed by atoms with Crippen molar-refractivity contribution < 1.29 is 5.11 Å². The summed E-state index contributed by atoms with van der Waals surface area (Å²) in [7, 11) is 0. The topological polar surface area (TPSA) is 36.4 Å². The molecule has 18 heavy (non-hydrogen) atoms. The molecule has 0 unspecified atom stereocenters. The van der Waals surface area contributed by atoms with Crippen molar-refractivity contribution in [2.24, 2.45) is 0 Å². The summed E-state index contributed by atoms with van der Waals surface area (Å²) in [6.07, 6.45) is 5.19. The summed E-state index contributed by atoms with van der Waals surface area (Å²) in [6, 6.07) is 5.87. The molecule has 3 nitrogen and oxygen atoms in total. The Bertz CT molecular complexity index is 574. The van der Waals surface area contributed by atoms with E-state index in [2.05, 4.69) is 22.9 Å². The lowest BCUT2D eigenvalue weighted by molar-refractivity contribution is 0.470. The third kappa shape index (κ3) is 1.70. The van der Waals surface area contributed by atoms with Crippen LogP contribution < -0.4 is 4.90 Å². The predicted octanol–water partition coefficient (Wildman–Crippen LogP) is 3.10. The van der Waals surface area contributed by atoms with Crippen molar-refractivity contribution in [1.29, 1.82) is 0 Å². The van der Waals surface area contributed by atoms with Gasteiger partial charge < -0.3 is 10.0 Å². The number of hydrogen-bond donors (Lipinski definition) is 1. The van der Waals surface area contributed by atoms with Crippen LogP contribution in [0.25, 0.3) is 10.9 Å². The lowest BCUT2D eigenvalue weighted by Crippen LogP contribution is -2.18. The van der Waals surface area contributed by atoms with Crippen LogP contribution in [-0.4, -0.2) is 23.2 Å². The van der Waals surface area contributed by atoms with Gasteiger partial charge in [-0.25, -0.2) is 0 Å². The van der Waals surface area contributed by atoms with Gasteiger partial charge >= 0.3 is 0 Å². The van der Waals surface area contributed by atoms with Crippen molar-refractivity contribution in [2.45, 2.75) is 26.2 Å². The Morgan fingerprint density at radius 1 is 1.22 bits per heavy atom. The van der Waals surface area contributed by atoms with Crippen molar-refractivity contribution in [1.82, 2.24) is 4.98 Å². The van der Waals surface area contributed by atoms with Crippen LogP contribution in [0.5, 0.6) is 5.75 Å². The van der Waals surface area contributed by atoms with Crippen molar-refractivity contribution in [3.63, 3.8) is 0 Å². The number of aryl methyl sites for hydroxylation is 1. The molecule has 0 atom stereocenters. The van der Waals surface area contributed by atoms with Gasteiger partial charge in [0.1, 0.15) is 5.75 Å². The van der Waals surface area contributed by atoms with Crippen LogP contribution in [0.3, 0.4) is 0 Å². The van der Waals surface area contributed by atoms with Gasteiger partial charge in [-0.05, 0) is 37.5 Å². The highest BCUT2D eigenvalue weighted by Crippen LogP contribution is 2.33. The highest BCUT2D eigenvalue weighted by Gasteiger charge is 2.16. The van der Waals surface area contributed by atoms with Crippen LogP contribution in [0.2, 0.25) is 0 Å². The molecule has 1 aromatic heterocycles. The molecule has 1 fully saturated rings. The maximum absolute atomic E-state index is 9.91. The van der Waals surface area contributed by atoms with E-state index in [4.69, 9.17) is 0 Å². The molecule has 0 aliphatic carbocycles. The SMILES string of the molecule is CCc1c(O)ccc2c(N3CCCC3)ccnc12. The fourth-order valence-electron chi connectivity index (χ4n) is 2.83. The molecule has 1 aromatic carbocycles. The Morgan fingerprint density at radius 2 is 2.00 bits per heavy atom. The molecule has 2 aromatic rings. The fraction of sp³-hybridized carbons (Fsp3) is 0.400. The Labute approximate surface area is 107 Å². The van der Waals surface area contributed by atoms with Crippen LogP contribution in [-0.2, 0) is 6.42 Å². The first kappa shape index (κ1) is 11.3. The highest BCUT2D eigenvalue weighted by atomic mass is 16.3. The Balaban J connectivity index is 2.22. The van der Waals surface area contributed by atoms with Crippen LogP contribution >= 0.6 is 0 Å². The first-order valence-electron chi connectivity index (χ1n) is 6.65. The largest absolute Gasteiger partial charge is 0.508 e. The van der Waals surface area contributed by atoms with Crippen LogP contribution in [0.15, 0.2) is 24.4 Å². The standard InChI is InChI=1S/C15H18N2O/c1-2-11-14(18)6-5-12-13(7-8-16-15(11)12)17-9-3-4-10-17/h5-8,18H,2-4,9-10H2,1H3. The maximum atomic E-state index is 9.91. The Morgan fingerprint density at radius 3 is 2.72 bits per heavy atom. The zero-order chi connectivity index (χ0) is 12.5. The lowest BCUT2D eigenvalue weighted by Gasteiger charge is -2.20. The Kier molecular flexibility index (Phi) is 2.82. The predicted molar refractivity (Wildman–Crippen MR) is 74.2 cm³/mol. The van der Waals surface area contributed by atoms with Gasteiger partial charge in [-0.2, -0.15) is 0 Å². The molecule has 0 saturated carbocycles. The highest BCUT2D eigenvalue weighted by molar-refractivity contribution is 5.94. The summed E-state index contributed by atoms with van der Waals surface area (Å²) >= 11 is 0.